The summed E-state index contributed by atoms with van der Waals surface area (Å²) in [5, 5.41) is 12.0. The number of hydrogen-bond acceptors (Lipinski definition) is 4. The van der Waals surface area contributed by atoms with E-state index in [2.05, 4.69) is 12.2 Å². The normalized spacial score (nSPS) is 13.4. The van der Waals surface area contributed by atoms with Crippen molar-refractivity contribution in [2.75, 3.05) is 11.9 Å². The summed E-state index contributed by atoms with van der Waals surface area (Å²) in [5.41, 5.74) is 6.21. The molecule has 0 bridgehead atoms. The number of hydrogen-bond donors (Lipinski definition) is 3. The van der Waals surface area contributed by atoms with Crippen molar-refractivity contribution in [3.05, 3.63) is 24.3 Å². The number of nitrogens with two attached hydrogens (primary N) is 1. The van der Waals surface area contributed by atoms with Gasteiger partial charge in [-0.3, -0.25) is 4.79 Å². The molecule has 0 saturated carbocycles. The molecular formula is C18H30N2O3. The Morgan fingerprint density at radius 3 is 2.39 bits per heavy atom. The lowest BCUT2D eigenvalue weighted by atomic mass is 10.1. The van der Waals surface area contributed by atoms with E-state index < -0.39 is 18.1 Å². The minimum absolute atomic E-state index is 0.402. The Bertz CT molecular complexity index is 446. The van der Waals surface area contributed by atoms with Crippen molar-refractivity contribution in [2.24, 2.45) is 5.73 Å². The molecule has 1 amide bonds. The Morgan fingerprint density at radius 1 is 1.17 bits per heavy atom. The van der Waals surface area contributed by atoms with Gasteiger partial charge in [0.05, 0.1) is 12.7 Å². The maximum atomic E-state index is 11.7. The van der Waals surface area contributed by atoms with Crippen LogP contribution in [0.5, 0.6) is 5.75 Å². The molecule has 5 heteroatoms. The van der Waals surface area contributed by atoms with E-state index in [1.807, 2.05) is 12.1 Å². The van der Waals surface area contributed by atoms with Crippen LogP contribution < -0.4 is 15.8 Å². The first-order chi connectivity index (χ1) is 11.0. The van der Waals surface area contributed by atoms with Crippen LogP contribution in [0.3, 0.4) is 0 Å². The average molecular weight is 322 g/mol. The van der Waals surface area contributed by atoms with Gasteiger partial charge >= 0.3 is 0 Å². The number of carbonyl (C=O) groups excluding carboxylic acids is 1. The minimum Gasteiger partial charge on any atom is -0.494 e. The highest BCUT2D eigenvalue weighted by Crippen LogP contribution is 2.16. The molecule has 0 radical (unpaired) electrons. The monoisotopic (exact) mass is 322 g/mol. The predicted molar refractivity (Wildman–Crippen MR) is 93.6 cm³/mol. The van der Waals surface area contributed by atoms with Gasteiger partial charge < -0.3 is 20.9 Å². The summed E-state index contributed by atoms with van der Waals surface area (Å²) >= 11 is 0. The van der Waals surface area contributed by atoms with Gasteiger partial charge in [-0.1, -0.05) is 39.0 Å². The Hall–Kier alpha value is -1.59. The number of rotatable bonds is 11. The van der Waals surface area contributed by atoms with E-state index in [4.69, 9.17) is 10.5 Å². The van der Waals surface area contributed by atoms with E-state index in [0.717, 1.165) is 12.2 Å². The zero-order valence-electron chi connectivity index (χ0n) is 14.3. The number of aliphatic hydroxyl groups is 1. The van der Waals surface area contributed by atoms with Crippen molar-refractivity contribution >= 4 is 11.6 Å². The van der Waals surface area contributed by atoms with Gasteiger partial charge in [0.1, 0.15) is 11.8 Å². The smallest absolute Gasteiger partial charge is 0.243 e. The van der Waals surface area contributed by atoms with Crippen LogP contribution in [0.1, 0.15) is 52.4 Å². The molecule has 0 aliphatic heterocycles. The third-order valence-corrected chi connectivity index (χ3v) is 3.71. The summed E-state index contributed by atoms with van der Waals surface area (Å²) in [6, 6.07) is 6.24. The zero-order chi connectivity index (χ0) is 17.1. The van der Waals surface area contributed by atoms with E-state index >= 15 is 0 Å². The van der Waals surface area contributed by atoms with Gasteiger partial charge in [0.2, 0.25) is 5.91 Å². The summed E-state index contributed by atoms with van der Waals surface area (Å²) in [6.45, 7) is 4.42. The minimum atomic E-state index is -0.932. The first kappa shape index (κ1) is 19.5. The van der Waals surface area contributed by atoms with Crippen molar-refractivity contribution < 1.29 is 14.6 Å². The third kappa shape index (κ3) is 8.00. The molecule has 5 nitrogen and oxygen atoms in total. The second-order valence-corrected chi connectivity index (χ2v) is 5.90. The molecule has 1 aromatic rings. The molecule has 0 saturated heterocycles. The molecule has 130 valence electrons. The summed E-state index contributed by atoms with van der Waals surface area (Å²) in [4.78, 5) is 11.7. The lowest BCUT2D eigenvalue weighted by Crippen LogP contribution is -2.43. The highest BCUT2D eigenvalue weighted by Gasteiger charge is 2.18. The molecular weight excluding hydrogens is 292 g/mol. The number of unbranched alkanes of at least 4 members (excludes halogenated alkanes) is 5. The van der Waals surface area contributed by atoms with Gasteiger partial charge in [0, 0.05) is 5.69 Å². The van der Waals surface area contributed by atoms with Gasteiger partial charge in [-0.15, -0.1) is 0 Å². The van der Waals surface area contributed by atoms with Crippen LogP contribution in [0.15, 0.2) is 24.3 Å². The number of ether oxygens (including phenoxy) is 1. The van der Waals surface area contributed by atoms with Crippen LogP contribution in [0.2, 0.25) is 0 Å². The Balaban J connectivity index is 2.27. The number of amides is 1. The highest BCUT2D eigenvalue weighted by atomic mass is 16.5. The molecule has 0 fully saturated rings. The van der Waals surface area contributed by atoms with Crippen LogP contribution in [0, 0.1) is 0 Å². The van der Waals surface area contributed by atoms with E-state index in [1.165, 1.54) is 39.0 Å². The van der Waals surface area contributed by atoms with E-state index in [1.54, 1.807) is 12.1 Å². The molecule has 0 aliphatic carbocycles. The standard InChI is InChI=1S/C18H30N2O3/c1-3-4-5-6-7-8-13-23-16-11-9-15(10-12-16)20-18(22)17(19)14(2)21/h9-12,14,17,21H,3-8,13,19H2,1-2H3,(H,20,22)/t14-,17+/m1/s1. The molecule has 1 rings (SSSR count). The lowest BCUT2D eigenvalue weighted by molar-refractivity contribution is -0.119. The molecule has 23 heavy (non-hydrogen) atoms. The maximum Gasteiger partial charge on any atom is 0.243 e. The predicted octanol–water partition coefficient (Wildman–Crippen LogP) is 3.07. The molecule has 0 aromatic heterocycles. The van der Waals surface area contributed by atoms with E-state index in [0.29, 0.717) is 12.3 Å². The molecule has 0 spiro atoms. The zero-order valence-corrected chi connectivity index (χ0v) is 14.3. The topological polar surface area (TPSA) is 84.6 Å². The van der Waals surface area contributed by atoms with E-state index in [-0.39, 0.29) is 0 Å². The fourth-order valence-corrected chi connectivity index (χ4v) is 2.15. The fourth-order valence-electron chi connectivity index (χ4n) is 2.15. The molecule has 4 N–H and O–H groups in total. The number of carbonyl (C=O) groups is 1. The first-order valence-corrected chi connectivity index (χ1v) is 8.52. The number of aliphatic hydroxyl groups excluding tert-OH is 1. The summed E-state index contributed by atoms with van der Waals surface area (Å²) in [7, 11) is 0. The van der Waals surface area contributed by atoms with Crippen molar-refractivity contribution in [1.82, 2.24) is 0 Å². The Labute approximate surface area is 139 Å². The van der Waals surface area contributed by atoms with Crippen LogP contribution in [-0.4, -0.2) is 29.8 Å². The first-order valence-electron chi connectivity index (χ1n) is 8.52. The van der Waals surface area contributed by atoms with E-state index in [9.17, 15) is 9.90 Å². The second-order valence-electron chi connectivity index (χ2n) is 5.90. The van der Waals surface area contributed by atoms with Crippen LogP contribution in [0.4, 0.5) is 5.69 Å². The van der Waals surface area contributed by atoms with Gasteiger partial charge in [-0.25, -0.2) is 0 Å². The lowest BCUT2D eigenvalue weighted by Gasteiger charge is -2.14. The van der Waals surface area contributed by atoms with Gasteiger partial charge in [-0.05, 0) is 37.6 Å². The molecule has 2 atom stereocenters. The fraction of sp³-hybridized carbons (Fsp3) is 0.611. The van der Waals surface area contributed by atoms with Crippen LogP contribution in [0.25, 0.3) is 0 Å². The molecule has 0 aliphatic rings. The maximum absolute atomic E-state index is 11.7. The van der Waals surface area contributed by atoms with Crippen molar-refractivity contribution in [2.45, 2.75) is 64.5 Å². The SMILES string of the molecule is CCCCCCCCOc1ccc(NC(=O)[C@@H](N)[C@@H](C)O)cc1. The van der Waals surface area contributed by atoms with Crippen molar-refractivity contribution in [3.8, 4) is 5.75 Å². The summed E-state index contributed by atoms with van der Waals surface area (Å²) in [6.07, 6.45) is 6.53. The van der Waals surface area contributed by atoms with Gasteiger partial charge in [0.25, 0.3) is 0 Å². The molecule has 0 unspecified atom stereocenters. The van der Waals surface area contributed by atoms with Crippen LogP contribution >= 0.6 is 0 Å². The quantitative estimate of drug-likeness (QED) is 0.547. The number of anilines is 1. The second kappa shape index (κ2) is 11.0. The average Bonchev–Trinajstić information content (AvgIpc) is 2.54. The Morgan fingerprint density at radius 2 is 1.78 bits per heavy atom. The van der Waals surface area contributed by atoms with Crippen molar-refractivity contribution in [3.63, 3.8) is 0 Å². The largest absolute Gasteiger partial charge is 0.494 e. The molecule has 0 heterocycles. The number of benzene rings is 1. The molecule has 1 aromatic carbocycles. The van der Waals surface area contributed by atoms with Crippen LogP contribution in [-0.2, 0) is 4.79 Å². The Kier molecular flexibility index (Phi) is 9.33. The van der Waals surface area contributed by atoms with Gasteiger partial charge in [-0.2, -0.15) is 0 Å². The summed E-state index contributed by atoms with van der Waals surface area (Å²) in [5.74, 6) is 0.386. The van der Waals surface area contributed by atoms with Crippen molar-refractivity contribution in [1.29, 1.82) is 0 Å². The van der Waals surface area contributed by atoms with Gasteiger partial charge in [0.15, 0.2) is 0 Å². The highest BCUT2D eigenvalue weighted by molar-refractivity contribution is 5.95. The number of nitrogens with one attached hydrogen (secondary N) is 1. The third-order valence-electron chi connectivity index (χ3n) is 3.71. The summed E-state index contributed by atoms with van der Waals surface area (Å²) < 4.78 is 5.68.